The van der Waals surface area contributed by atoms with E-state index >= 15 is 4.39 Å². The van der Waals surface area contributed by atoms with E-state index in [2.05, 4.69) is 4.98 Å². The van der Waals surface area contributed by atoms with Crippen molar-refractivity contribution in [1.82, 2.24) is 4.98 Å². The molecule has 0 amide bonds. The number of hydrogen-bond donors (Lipinski definition) is 0. The Balaban J connectivity index is 1.94. The maximum absolute atomic E-state index is 15.6. The molecule has 0 aliphatic carbocycles. The average molecular weight is 375 g/mol. The lowest BCUT2D eigenvalue weighted by atomic mass is 10.0. The standard InChI is InChI=1S/C23H12F3NO/c24-15-10-14(11-16(25)12-15)21-20(26)19(13-6-2-1-3-7-13)23-22(27-21)17-8-4-5-9-18(17)28-23/h1-12H. The SMILES string of the molecule is Fc1cc(F)cc(-c2nc3c(oc4ccccc43)c(-c3ccccc3)c2F)c1. The summed E-state index contributed by atoms with van der Waals surface area (Å²) in [7, 11) is 0. The van der Waals surface area contributed by atoms with Crippen molar-refractivity contribution in [3.05, 3.63) is 90.2 Å². The van der Waals surface area contributed by atoms with Crippen molar-refractivity contribution in [1.29, 1.82) is 0 Å². The number of nitrogens with zero attached hydrogens (tertiary/aromatic N) is 1. The predicted molar refractivity (Wildman–Crippen MR) is 102 cm³/mol. The summed E-state index contributed by atoms with van der Waals surface area (Å²) in [5.41, 5.74) is 1.99. The fraction of sp³-hybridized carbons (Fsp3) is 0. The summed E-state index contributed by atoms with van der Waals surface area (Å²) in [6, 6.07) is 19.0. The molecule has 2 nitrogen and oxygen atoms in total. The molecule has 0 saturated heterocycles. The third kappa shape index (κ3) is 2.55. The molecule has 5 heteroatoms. The van der Waals surface area contributed by atoms with Crippen molar-refractivity contribution >= 4 is 22.1 Å². The van der Waals surface area contributed by atoms with Crippen molar-refractivity contribution in [2.24, 2.45) is 0 Å². The van der Waals surface area contributed by atoms with Gasteiger partial charge in [0.25, 0.3) is 0 Å². The molecule has 0 radical (unpaired) electrons. The first-order valence-electron chi connectivity index (χ1n) is 8.64. The molecular formula is C23H12F3NO. The van der Waals surface area contributed by atoms with Crippen LogP contribution in [0.5, 0.6) is 0 Å². The number of para-hydroxylation sites is 1. The highest BCUT2D eigenvalue weighted by Gasteiger charge is 2.23. The third-order valence-corrected chi connectivity index (χ3v) is 4.65. The molecule has 3 aromatic carbocycles. The van der Waals surface area contributed by atoms with Gasteiger partial charge in [0.1, 0.15) is 28.4 Å². The van der Waals surface area contributed by atoms with Crippen LogP contribution in [0.15, 0.2) is 77.2 Å². The Morgan fingerprint density at radius 2 is 1.39 bits per heavy atom. The summed E-state index contributed by atoms with van der Waals surface area (Å²) < 4.78 is 49.0. The van der Waals surface area contributed by atoms with Crippen LogP contribution in [0, 0.1) is 17.5 Å². The molecule has 0 atom stereocenters. The predicted octanol–water partition coefficient (Wildman–Crippen LogP) is 6.73. The van der Waals surface area contributed by atoms with E-state index in [0.29, 0.717) is 27.6 Å². The molecule has 0 spiro atoms. The van der Waals surface area contributed by atoms with Crippen LogP contribution in [0.3, 0.4) is 0 Å². The van der Waals surface area contributed by atoms with Gasteiger partial charge in [0.05, 0.1) is 5.56 Å². The quantitative estimate of drug-likeness (QED) is 0.342. The highest BCUT2D eigenvalue weighted by atomic mass is 19.1. The Hall–Kier alpha value is -3.60. The first kappa shape index (κ1) is 16.6. The zero-order chi connectivity index (χ0) is 19.3. The molecule has 5 aromatic rings. The average Bonchev–Trinajstić information content (AvgIpc) is 3.05. The lowest BCUT2D eigenvalue weighted by Gasteiger charge is -2.10. The zero-order valence-corrected chi connectivity index (χ0v) is 14.4. The Morgan fingerprint density at radius 3 is 2.14 bits per heavy atom. The number of pyridine rings is 1. The van der Waals surface area contributed by atoms with Crippen LogP contribution in [0.25, 0.3) is 44.5 Å². The van der Waals surface area contributed by atoms with Gasteiger partial charge in [-0.05, 0) is 29.8 Å². The van der Waals surface area contributed by atoms with Crippen molar-refractivity contribution in [2.45, 2.75) is 0 Å². The lowest BCUT2D eigenvalue weighted by molar-refractivity contribution is 0.583. The summed E-state index contributed by atoms with van der Waals surface area (Å²) in [5.74, 6) is -2.29. The monoisotopic (exact) mass is 375 g/mol. The minimum atomic E-state index is -0.797. The van der Waals surface area contributed by atoms with E-state index in [1.165, 1.54) is 0 Å². The fourth-order valence-electron chi connectivity index (χ4n) is 3.44. The molecule has 0 N–H and O–H groups in total. The fourth-order valence-corrected chi connectivity index (χ4v) is 3.44. The number of hydrogen-bond acceptors (Lipinski definition) is 2. The van der Waals surface area contributed by atoms with E-state index < -0.39 is 17.5 Å². The van der Waals surface area contributed by atoms with E-state index in [4.69, 9.17) is 4.42 Å². The van der Waals surface area contributed by atoms with E-state index in [0.717, 1.165) is 18.2 Å². The number of furan rings is 1. The molecule has 0 bridgehead atoms. The largest absolute Gasteiger partial charge is 0.454 e. The first-order valence-corrected chi connectivity index (χ1v) is 8.64. The Kier molecular flexibility index (Phi) is 3.69. The van der Waals surface area contributed by atoms with Crippen molar-refractivity contribution < 1.29 is 17.6 Å². The summed E-state index contributed by atoms with van der Waals surface area (Å²) in [5, 5.41) is 0.702. The van der Waals surface area contributed by atoms with Gasteiger partial charge in [-0.3, -0.25) is 0 Å². The number of fused-ring (bicyclic) bond motifs is 3. The van der Waals surface area contributed by atoms with E-state index in [1.807, 2.05) is 24.3 Å². The normalized spacial score (nSPS) is 11.4. The van der Waals surface area contributed by atoms with E-state index in [9.17, 15) is 8.78 Å². The van der Waals surface area contributed by atoms with Crippen molar-refractivity contribution in [3.8, 4) is 22.4 Å². The van der Waals surface area contributed by atoms with Crippen molar-refractivity contribution in [2.75, 3.05) is 0 Å². The molecule has 136 valence electrons. The molecular weight excluding hydrogens is 363 g/mol. The highest BCUT2D eigenvalue weighted by molar-refractivity contribution is 6.08. The van der Waals surface area contributed by atoms with Gasteiger partial charge in [-0.1, -0.05) is 42.5 Å². The molecule has 2 heterocycles. The summed E-state index contributed by atoms with van der Waals surface area (Å²) in [4.78, 5) is 4.40. The zero-order valence-electron chi connectivity index (χ0n) is 14.4. The second-order valence-electron chi connectivity index (χ2n) is 6.45. The van der Waals surface area contributed by atoms with Crippen LogP contribution >= 0.6 is 0 Å². The van der Waals surface area contributed by atoms with Crippen LogP contribution in [0.4, 0.5) is 13.2 Å². The van der Waals surface area contributed by atoms with Crippen LogP contribution < -0.4 is 0 Å². The Labute approximate surface area is 157 Å². The molecule has 2 aromatic heterocycles. The summed E-state index contributed by atoms with van der Waals surface area (Å²) >= 11 is 0. The van der Waals surface area contributed by atoms with Gasteiger partial charge < -0.3 is 4.42 Å². The molecule has 28 heavy (non-hydrogen) atoms. The van der Waals surface area contributed by atoms with Gasteiger partial charge in [0, 0.05) is 17.0 Å². The number of halogens is 3. The molecule has 0 fully saturated rings. The van der Waals surface area contributed by atoms with Crippen LogP contribution in [-0.2, 0) is 0 Å². The van der Waals surface area contributed by atoms with E-state index in [1.54, 1.807) is 30.3 Å². The van der Waals surface area contributed by atoms with Gasteiger partial charge >= 0.3 is 0 Å². The number of benzene rings is 3. The Morgan fingerprint density at radius 1 is 0.714 bits per heavy atom. The maximum atomic E-state index is 15.6. The van der Waals surface area contributed by atoms with Gasteiger partial charge in [-0.2, -0.15) is 0 Å². The minimum Gasteiger partial charge on any atom is -0.454 e. The smallest absolute Gasteiger partial charge is 0.164 e. The summed E-state index contributed by atoms with van der Waals surface area (Å²) in [6.07, 6.45) is 0. The molecule has 0 aliphatic heterocycles. The molecule has 0 unspecified atom stereocenters. The van der Waals surface area contributed by atoms with Gasteiger partial charge in [0.2, 0.25) is 0 Å². The van der Waals surface area contributed by atoms with Gasteiger partial charge in [-0.15, -0.1) is 0 Å². The highest BCUT2D eigenvalue weighted by Crippen LogP contribution is 2.40. The third-order valence-electron chi connectivity index (χ3n) is 4.65. The van der Waals surface area contributed by atoms with Gasteiger partial charge in [-0.25, -0.2) is 18.2 Å². The van der Waals surface area contributed by atoms with Crippen LogP contribution in [0.1, 0.15) is 0 Å². The Bertz CT molecular complexity index is 1320. The second kappa shape index (κ2) is 6.23. The minimum absolute atomic E-state index is 0.0272. The second-order valence-corrected chi connectivity index (χ2v) is 6.45. The number of aromatic nitrogens is 1. The lowest BCUT2D eigenvalue weighted by Crippen LogP contribution is -1.96. The summed E-state index contributed by atoms with van der Waals surface area (Å²) in [6.45, 7) is 0. The van der Waals surface area contributed by atoms with Gasteiger partial charge in [0.15, 0.2) is 11.4 Å². The molecule has 0 saturated carbocycles. The van der Waals surface area contributed by atoms with E-state index in [-0.39, 0.29) is 16.8 Å². The van der Waals surface area contributed by atoms with Crippen LogP contribution in [-0.4, -0.2) is 4.98 Å². The molecule has 5 rings (SSSR count). The topological polar surface area (TPSA) is 26.0 Å². The maximum Gasteiger partial charge on any atom is 0.164 e. The molecule has 0 aliphatic rings. The number of rotatable bonds is 2. The van der Waals surface area contributed by atoms with Crippen molar-refractivity contribution in [3.63, 3.8) is 0 Å². The first-order chi connectivity index (χ1) is 13.6. The van der Waals surface area contributed by atoms with Crippen LogP contribution in [0.2, 0.25) is 0 Å².